The molecule has 2 fully saturated rings. The highest BCUT2D eigenvalue weighted by Gasteiger charge is 2.35. The molecule has 0 radical (unpaired) electrons. The number of β-amino-alcohol motifs (C(OH)–C–C–N with tert-alkyl or cyclic N) is 1. The molecule has 3 atom stereocenters. The average Bonchev–Trinajstić information content (AvgIpc) is 3.40. The molecule has 0 amide bonds. The van der Waals surface area contributed by atoms with E-state index in [4.69, 9.17) is 14.2 Å². The monoisotopic (exact) mass is 651 g/mol. The summed E-state index contributed by atoms with van der Waals surface area (Å²) in [4.78, 5) is 17.5. The van der Waals surface area contributed by atoms with Gasteiger partial charge in [0.1, 0.15) is 45.3 Å². The Kier molecular flexibility index (Phi) is 8.92. The SMILES string of the molecule is C=C(Oc1nc(N2C[C@H](CO)OC[C@@](C)(O)C2)c2c(OC)nc(-c3cc(O)cc4ccc(F)c(CC)c34)c(F)c2n1)[C@@H]1CCCN1C. The number of halogens is 2. The first-order valence-corrected chi connectivity index (χ1v) is 15.6. The second-order valence-electron chi connectivity index (χ2n) is 12.5. The normalized spacial score (nSPS) is 22.2. The van der Waals surface area contributed by atoms with Gasteiger partial charge in [0.15, 0.2) is 5.82 Å². The van der Waals surface area contributed by atoms with E-state index in [1.807, 2.05) is 7.05 Å². The van der Waals surface area contributed by atoms with Crippen LogP contribution >= 0.6 is 0 Å². The van der Waals surface area contributed by atoms with Gasteiger partial charge in [-0.25, -0.2) is 13.8 Å². The van der Waals surface area contributed by atoms with Crippen molar-refractivity contribution >= 4 is 27.5 Å². The molecule has 3 N–H and O–H groups in total. The van der Waals surface area contributed by atoms with E-state index < -0.39 is 23.3 Å². The first-order valence-electron chi connectivity index (χ1n) is 15.6. The number of phenols is 1. The smallest absolute Gasteiger partial charge is 0.324 e. The van der Waals surface area contributed by atoms with E-state index in [0.29, 0.717) is 28.5 Å². The molecule has 0 bridgehead atoms. The van der Waals surface area contributed by atoms with E-state index in [-0.39, 0.29) is 78.0 Å². The molecule has 4 heterocycles. The Morgan fingerprint density at radius 3 is 2.66 bits per heavy atom. The maximum atomic E-state index is 17.1. The number of pyridine rings is 1. The van der Waals surface area contributed by atoms with Gasteiger partial charge in [-0.3, -0.25) is 4.90 Å². The highest BCUT2D eigenvalue weighted by atomic mass is 19.1. The molecule has 0 aliphatic carbocycles. The van der Waals surface area contributed by atoms with Gasteiger partial charge in [0.2, 0.25) is 5.88 Å². The summed E-state index contributed by atoms with van der Waals surface area (Å²) >= 11 is 0. The molecule has 11 nitrogen and oxygen atoms in total. The van der Waals surface area contributed by atoms with E-state index in [1.54, 1.807) is 18.7 Å². The van der Waals surface area contributed by atoms with Crippen LogP contribution in [0.25, 0.3) is 32.9 Å². The number of aryl methyl sites for hydroxylation is 1. The Morgan fingerprint density at radius 1 is 1.19 bits per heavy atom. The molecule has 2 aromatic carbocycles. The summed E-state index contributed by atoms with van der Waals surface area (Å²) in [7, 11) is 3.33. The Balaban J connectivity index is 1.63. The first-order chi connectivity index (χ1) is 22.4. The van der Waals surface area contributed by atoms with E-state index in [1.165, 1.54) is 31.4 Å². The standard InChI is InChI=1S/C34H39F2N5O6/c1-6-22-24(35)10-9-19-12-20(43)13-23(26(19)22)29-28(36)30-27(32(37-29)45-5)31(41-14-21(15-42)46-17-34(3,44)16-41)39-33(38-30)47-18(2)25-8-7-11-40(25)4/h9-10,12-13,21,25,42-44H,2,6-8,11,14-17H2,1,3-5H3/t21-,25+,34+/m1/s1. The molecule has 13 heteroatoms. The minimum atomic E-state index is -1.36. The third-order valence-electron chi connectivity index (χ3n) is 8.87. The molecular weight excluding hydrogens is 612 g/mol. The van der Waals surface area contributed by atoms with E-state index in [2.05, 4.69) is 26.4 Å². The molecular formula is C34H39F2N5O6. The van der Waals surface area contributed by atoms with Crippen molar-refractivity contribution < 1.29 is 38.3 Å². The minimum Gasteiger partial charge on any atom is -0.508 e. The molecule has 47 heavy (non-hydrogen) atoms. The number of nitrogens with zero attached hydrogens (tertiary/aromatic N) is 5. The fourth-order valence-electron chi connectivity index (χ4n) is 6.63. The number of hydrogen-bond donors (Lipinski definition) is 3. The first kappa shape index (κ1) is 32.8. The van der Waals surface area contributed by atoms with Crippen molar-refractivity contribution in [1.82, 2.24) is 19.9 Å². The summed E-state index contributed by atoms with van der Waals surface area (Å²) in [5.41, 5.74) is -1.31. The number of aliphatic hydroxyl groups excluding tert-OH is 1. The number of aliphatic hydroxyl groups is 2. The van der Waals surface area contributed by atoms with Gasteiger partial charge < -0.3 is 34.4 Å². The average molecular weight is 652 g/mol. The van der Waals surface area contributed by atoms with Crippen molar-refractivity contribution in [3.63, 3.8) is 0 Å². The van der Waals surface area contributed by atoms with Crippen LogP contribution in [0, 0.1) is 11.6 Å². The summed E-state index contributed by atoms with van der Waals surface area (Å²) in [5.74, 6) is -1.04. The summed E-state index contributed by atoms with van der Waals surface area (Å²) in [6.07, 6.45) is 1.39. The second kappa shape index (κ2) is 12.8. The second-order valence-corrected chi connectivity index (χ2v) is 12.5. The Morgan fingerprint density at radius 2 is 1.98 bits per heavy atom. The van der Waals surface area contributed by atoms with Crippen molar-refractivity contribution in [2.75, 3.05) is 51.9 Å². The number of likely N-dealkylation sites (N-methyl/N-ethyl adjacent to an activating group) is 1. The molecule has 0 saturated carbocycles. The lowest BCUT2D eigenvalue weighted by Gasteiger charge is -2.30. The lowest BCUT2D eigenvalue weighted by atomic mass is 9.94. The number of aromatic hydroxyl groups is 1. The number of likely N-dealkylation sites (tertiary alicyclic amines) is 1. The summed E-state index contributed by atoms with van der Waals surface area (Å²) < 4.78 is 49.7. The van der Waals surface area contributed by atoms with E-state index >= 15 is 8.78 Å². The van der Waals surface area contributed by atoms with Crippen molar-refractivity contribution in [2.24, 2.45) is 0 Å². The van der Waals surface area contributed by atoms with Crippen LogP contribution in [0.2, 0.25) is 0 Å². The number of ether oxygens (including phenoxy) is 3. The van der Waals surface area contributed by atoms with Gasteiger partial charge in [0, 0.05) is 12.1 Å². The molecule has 250 valence electrons. The maximum Gasteiger partial charge on any atom is 0.324 e. The topological polar surface area (TPSA) is 134 Å². The predicted octanol–water partition coefficient (Wildman–Crippen LogP) is 4.34. The lowest BCUT2D eigenvalue weighted by Crippen LogP contribution is -2.42. The fraction of sp³-hybridized carbons (Fsp3) is 0.441. The minimum absolute atomic E-state index is 0.00419. The van der Waals surface area contributed by atoms with Gasteiger partial charge in [0.05, 0.1) is 39.0 Å². The third-order valence-corrected chi connectivity index (χ3v) is 8.87. The molecule has 2 aromatic heterocycles. The Hall–Kier alpha value is -4.17. The molecule has 0 unspecified atom stereocenters. The molecule has 2 saturated heterocycles. The summed E-state index contributed by atoms with van der Waals surface area (Å²) in [6.45, 7) is 8.06. The molecule has 0 spiro atoms. The maximum absolute atomic E-state index is 17.1. The largest absolute Gasteiger partial charge is 0.508 e. The van der Waals surface area contributed by atoms with Crippen molar-refractivity contribution in [3.8, 4) is 28.9 Å². The van der Waals surface area contributed by atoms with Crippen LogP contribution in [-0.2, 0) is 11.2 Å². The zero-order chi connectivity index (χ0) is 33.6. The molecule has 2 aliphatic heterocycles. The highest BCUT2D eigenvalue weighted by Crippen LogP contribution is 2.42. The van der Waals surface area contributed by atoms with Crippen LogP contribution in [0.4, 0.5) is 14.6 Å². The van der Waals surface area contributed by atoms with Gasteiger partial charge in [-0.15, -0.1) is 0 Å². The summed E-state index contributed by atoms with van der Waals surface area (Å²) in [5, 5.41) is 32.8. The third kappa shape index (κ3) is 6.16. The molecule has 4 aromatic rings. The molecule has 2 aliphatic rings. The number of phenolic OH excluding ortho intramolecular Hbond substituents is 1. The lowest BCUT2D eigenvalue weighted by molar-refractivity contribution is -0.0528. The Bertz CT molecular complexity index is 1850. The number of hydrogen-bond acceptors (Lipinski definition) is 11. The van der Waals surface area contributed by atoms with Gasteiger partial charge in [-0.1, -0.05) is 19.6 Å². The van der Waals surface area contributed by atoms with Gasteiger partial charge in [0.25, 0.3) is 0 Å². The van der Waals surface area contributed by atoms with Crippen molar-refractivity contribution in [2.45, 2.75) is 50.9 Å². The van der Waals surface area contributed by atoms with Gasteiger partial charge in [-0.2, -0.15) is 9.97 Å². The van der Waals surface area contributed by atoms with Crippen LogP contribution in [0.3, 0.4) is 0 Å². The van der Waals surface area contributed by atoms with Crippen LogP contribution in [-0.4, -0.2) is 99.9 Å². The number of benzene rings is 2. The van der Waals surface area contributed by atoms with Crippen LogP contribution in [0.1, 0.15) is 32.3 Å². The van der Waals surface area contributed by atoms with E-state index in [0.717, 1.165) is 19.4 Å². The van der Waals surface area contributed by atoms with Crippen LogP contribution in [0.5, 0.6) is 17.6 Å². The zero-order valence-corrected chi connectivity index (χ0v) is 26.9. The van der Waals surface area contributed by atoms with Crippen LogP contribution < -0.4 is 14.4 Å². The zero-order valence-electron chi connectivity index (χ0n) is 26.9. The number of methoxy groups -OCH3 is 1. The van der Waals surface area contributed by atoms with Crippen molar-refractivity contribution in [3.05, 3.63) is 53.8 Å². The highest BCUT2D eigenvalue weighted by molar-refractivity contribution is 6.03. The number of fused-ring (bicyclic) bond motifs is 2. The van der Waals surface area contributed by atoms with E-state index in [9.17, 15) is 15.3 Å². The quantitative estimate of drug-likeness (QED) is 0.235. The van der Waals surface area contributed by atoms with Gasteiger partial charge >= 0.3 is 6.01 Å². The number of anilines is 1. The van der Waals surface area contributed by atoms with Crippen LogP contribution in [0.15, 0.2) is 36.6 Å². The number of aromatic nitrogens is 3. The number of rotatable bonds is 8. The Labute approximate surface area is 271 Å². The van der Waals surface area contributed by atoms with Crippen molar-refractivity contribution in [1.29, 1.82) is 0 Å². The predicted molar refractivity (Wildman–Crippen MR) is 173 cm³/mol. The summed E-state index contributed by atoms with van der Waals surface area (Å²) in [6, 6.07) is 5.36. The van der Waals surface area contributed by atoms with Gasteiger partial charge in [-0.05, 0) is 74.3 Å². The fourth-order valence-corrected chi connectivity index (χ4v) is 6.63. The molecule has 6 rings (SSSR count).